The van der Waals surface area contributed by atoms with E-state index in [9.17, 15) is 4.39 Å². The van der Waals surface area contributed by atoms with Crippen LogP contribution < -0.4 is 5.32 Å². The SMILES string of the molecule is CC(C)(C)Cc1ccc(NCc2ccccc2F)cc1. The minimum absolute atomic E-state index is 0.163. The van der Waals surface area contributed by atoms with Gasteiger partial charge in [0, 0.05) is 17.8 Å². The Hall–Kier alpha value is -1.83. The summed E-state index contributed by atoms with van der Waals surface area (Å²) in [6.45, 7) is 7.21. The van der Waals surface area contributed by atoms with E-state index in [1.807, 2.05) is 6.07 Å². The topological polar surface area (TPSA) is 12.0 Å². The smallest absolute Gasteiger partial charge is 0.128 e. The summed E-state index contributed by atoms with van der Waals surface area (Å²) >= 11 is 0. The molecular formula is C18H22FN. The summed E-state index contributed by atoms with van der Waals surface area (Å²) in [6.07, 6.45) is 1.06. The van der Waals surface area contributed by atoms with Crippen molar-refractivity contribution in [2.45, 2.75) is 33.7 Å². The standard InChI is InChI=1S/C18H22FN/c1-18(2,3)12-14-8-10-16(11-9-14)20-13-15-6-4-5-7-17(15)19/h4-11,20H,12-13H2,1-3H3. The summed E-state index contributed by atoms with van der Waals surface area (Å²) in [5.74, 6) is -0.163. The van der Waals surface area contributed by atoms with Gasteiger partial charge in [-0.1, -0.05) is 51.1 Å². The maximum Gasteiger partial charge on any atom is 0.128 e. The van der Waals surface area contributed by atoms with E-state index in [0.717, 1.165) is 12.1 Å². The molecule has 0 aliphatic rings. The highest BCUT2D eigenvalue weighted by atomic mass is 19.1. The molecule has 0 saturated carbocycles. The molecule has 0 unspecified atom stereocenters. The van der Waals surface area contributed by atoms with Crippen LogP contribution in [0.25, 0.3) is 0 Å². The fraction of sp³-hybridized carbons (Fsp3) is 0.333. The monoisotopic (exact) mass is 271 g/mol. The maximum atomic E-state index is 13.5. The zero-order chi connectivity index (χ0) is 14.6. The van der Waals surface area contributed by atoms with E-state index >= 15 is 0 Å². The van der Waals surface area contributed by atoms with E-state index in [-0.39, 0.29) is 5.82 Å². The highest BCUT2D eigenvalue weighted by Gasteiger charge is 2.10. The van der Waals surface area contributed by atoms with Crippen LogP contribution in [0.1, 0.15) is 31.9 Å². The maximum absolute atomic E-state index is 13.5. The van der Waals surface area contributed by atoms with Gasteiger partial charge in [0.1, 0.15) is 5.82 Å². The lowest BCUT2D eigenvalue weighted by Crippen LogP contribution is -2.09. The molecule has 0 heterocycles. The van der Waals surface area contributed by atoms with Crippen molar-refractivity contribution in [3.8, 4) is 0 Å². The molecule has 0 bridgehead atoms. The summed E-state index contributed by atoms with van der Waals surface area (Å²) in [6, 6.07) is 15.2. The molecule has 0 amide bonds. The first-order valence-corrected chi connectivity index (χ1v) is 7.00. The van der Waals surface area contributed by atoms with Crippen molar-refractivity contribution in [3.63, 3.8) is 0 Å². The Kier molecular flexibility index (Phi) is 4.43. The minimum atomic E-state index is -0.163. The third kappa shape index (κ3) is 4.37. The number of anilines is 1. The van der Waals surface area contributed by atoms with Gasteiger partial charge in [-0.2, -0.15) is 0 Å². The first-order chi connectivity index (χ1) is 9.44. The predicted octanol–water partition coefficient (Wildman–Crippen LogP) is 5.03. The van der Waals surface area contributed by atoms with E-state index in [4.69, 9.17) is 0 Å². The summed E-state index contributed by atoms with van der Waals surface area (Å²) in [5.41, 5.74) is 3.33. The van der Waals surface area contributed by atoms with Gasteiger partial charge >= 0.3 is 0 Å². The average molecular weight is 271 g/mol. The lowest BCUT2D eigenvalue weighted by atomic mass is 9.88. The molecule has 2 aromatic rings. The van der Waals surface area contributed by atoms with Crippen LogP contribution in [-0.2, 0) is 13.0 Å². The van der Waals surface area contributed by atoms with Crippen LogP contribution >= 0.6 is 0 Å². The largest absolute Gasteiger partial charge is 0.381 e. The molecule has 0 aromatic heterocycles. The molecule has 2 aromatic carbocycles. The van der Waals surface area contributed by atoms with E-state index in [1.54, 1.807) is 12.1 Å². The Morgan fingerprint density at radius 2 is 1.60 bits per heavy atom. The van der Waals surface area contributed by atoms with Gasteiger partial charge in [-0.3, -0.25) is 0 Å². The molecule has 2 heteroatoms. The van der Waals surface area contributed by atoms with Crippen molar-refractivity contribution in [2.24, 2.45) is 5.41 Å². The van der Waals surface area contributed by atoms with Crippen LogP contribution in [0.15, 0.2) is 48.5 Å². The van der Waals surface area contributed by atoms with E-state index in [1.165, 1.54) is 11.6 Å². The van der Waals surface area contributed by atoms with Gasteiger partial charge in [0.05, 0.1) is 0 Å². The third-order valence-electron chi connectivity index (χ3n) is 3.13. The molecule has 0 radical (unpaired) electrons. The Bertz CT molecular complexity index is 552. The van der Waals surface area contributed by atoms with Crippen molar-refractivity contribution < 1.29 is 4.39 Å². The normalized spacial score (nSPS) is 11.4. The molecular weight excluding hydrogens is 249 g/mol. The van der Waals surface area contributed by atoms with Crippen LogP contribution in [0.3, 0.4) is 0 Å². The summed E-state index contributed by atoms with van der Waals surface area (Å²) in [5, 5.41) is 3.25. The molecule has 1 N–H and O–H groups in total. The number of halogens is 1. The third-order valence-corrected chi connectivity index (χ3v) is 3.13. The number of rotatable bonds is 4. The van der Waals surface area contributed by atoms with Gasteiger partial charge in [0.15, 0.2) is 0 Å². The van der Waals surface area contributed by atoms with Crippen LogP contribution in [0, 0.1) is 11.2 Å². The van der Waals surface area contributed by atoms with Crippen LogP contribution in [0.4, 0.5) is 10.1 Å². The Morgan fingerprint density at radius 1 is 0.950 bits per heavy atom. The molecule has 0 atom stereocenters. The molecule has 0 fully saturated rings. The fourth-order valence-corrected chi connectivity index (χ4v) is 2.19. The molecule has 106 valence electrons. The Morgan fingerprint density at radius 3 is 2.20 bits per heavy atom. The summed E-state index contributed by atoms with van der Waals surface area (Å²) < 4.78 is 13.5. The molecule has 0 aliphatic carbocycles. The molecule has 2 rings (SSSR count). The lowest BCUT2D eigenvalue weighted by Gasteiger charge is -2.18. The quantitative estimate of drug-likeness (QED) is 0.822. The average Bonchev–Trinajstić information content (AvgIpc) is 2.38. The Labute approximate surface area is 120 Å². The summed E-state index contributed by atoms with van der Waals surface area (Å²) in [4.78, 5) is 0. The van der Waals surface area contributed by atoms with Gasteiger partial charge in [0.2, 0.25) is 0 Å². The van der Waals surface area contributed by atoms with Crippen LogP contribution in [0.5, 0.6) is 0 Å². The number of hydrogen-bond acceptors (Lipinski definition) is 1. The van der Waals surface area contributed by atoms with Crippen LogP contribution in [0.2, 0.25) is 0 Å². The first-order valence-electron chi connectivity index (χ1n) is 7.00. The van der Waals surface area contributed by atoms with Crippen molar-refractivity contribution in [3.05, 3.63) is 65.5 Å². The van der Waals surface area contributed by atoms with Gasteiger partial charge in [-0.15, -0.1) is 0 Å². The molecule has 0 saturated heterocycles. The minimum Gasteiger partial charge on any atom is -0.381 e. The van der Waals surface area contributed by atoms with Crippen molar-refractivity contribution >= 4 is 5.69 Å². The molecule has 0 spiro atoms. The Balaban J connectivity index is 1.96. The molecule has 0 aliphatic heterocycles. The van der Waals surface area contributed by atoms with E-state index < -0.39 is 0 Å². The zero-order valence-corrected chi connectivity index (χ0v) is 12.4. The number of nitrogens with one attached hydrogen (secondary N) is 1. The highest BCUT2D eigenvalue weighted by Crippen LogP contribution is 2.21. The van der Waals surface area contributed by atoms with Crippen molar-refractivity contribution in [2.75, 3.05) is 5.32 Å². The fourth-order valence-electron chi connectivity index (χ4n) is 2.19. The predicted molar refractivity (Wildman–Crippen MR) is 83.3 cm³/mol. The van der Waals surface area contributed by atoms with Crippen molar-refractivity contribution in [1.82, 2.24) is 0 Å². The number of benzene rings is 2. The van der Waals surface area contributed by atoms with Crippen molar-refractivity contribution in [1.29, 1.82) is 0 Å². The van der Waals surface area contributed by atoms with E-state index in [2.05, 4.69) is 50.4 Å². The van der Waals surface area contributed by atoms with Crippen LogP contribution in [-0.4, -0.2) is 0 Å². The second kappa shape index (κ2) is 6.08. The molecule has 1 nitrogen and oxygen atoms in total. The highest BCUT2D eigenvalue weighted by molar-refractivity contribution is 5.45. The van der Waals surface area contributed by atoms with Gasteiger partial charge < -0.3 is 5.32 Å². The van der Waals surface area contributed by atoms with Gasteiger partial charge in [-0.05, 0) is 35.6 Å². The zero-order valence-electron chi connectivity index (χ0n) is 12.4. The van der Waals surface area contributed by atoms with Gasteiger partial charge in [-0.25, -0.2) is 4.39 Å². The first kappa shape index (κ1) is 14.6. The second-order valence-corrected chi connectivity index (χ2v) is 6.38. The van der Waals surface area contributed by atoms with Gasteiger partial charge in [0.25, 0.3) is 0 Å². The second-order valence-electron chi connectivity index (χ2n) is 6.38. The van der Waals surface area contributed by atoms with E-state index in [0.29, 0.717) is 17.5 Å². The number of hydrogen-bond donors (Lipinski definition) is 1. The summed E-state index contributed by atoms with van der Waals surface area (Å²) in [7, 11) is 0. The lowest BCUT2D eigenvalue weighted by molar-refractivity contribution is 0.411. The molecule has 20 heavy (non-hydrogen) atoms.